The minimum absolute atomic E-state index is 0.0687. The number of halogens is 2. The highest BCUT2D eigenvalue weighted by atomic mass is 35.5. The molecule has 2 atom stereocenters. The molecule has 6 heteroatoms. The standard InChI is InChI=1S/C20H24ClFN2O2/c1-12-7-17(20(25)11-23-9-13(2)26-14(3)10-23)15(4)24(12)16-5-6-19(22)18(21)8-16/h5-8,13-14H,9-11H2,1-4H3/t13-,14+. The number of Topliss-reactive ketones (excluding diaryl/α,β-unsaturated/α-hetero) is 1. The van der Waals surface area contributed by atoms with Crippen LogP contribution < -0.4 is 0 Å². The van der Waals surface area contributed by atoms with Crippen LogP contribution in [0, 0.1) is 19.7 Å². The summed E-state index contributed by atoms with van der Waals surface area (Å²) in [6.07, 6.45) is 0.251. The van der Waals surface area contributed by atoms with Crippen molar-refractivity contribution in [2.45, 2.75) is 39.9 Å². The number of benzene rings is 1. The summed E-state index contributed by atoms with van der Waals surface area (Å²) in [6, 6.07) is 6.48. The van der Waals surface area contributed by atoms with Crippen LogP contribution in [0.1, 0.15) is 35.6 Å². The Kier molecular flexibility index (Phi) is 5.51. The van der Waals surface area contributed by atoms with Gasteiger partial charge in [-0.1, -0.05) is 11.6 Å². The van der Waals surface area contributed by atoms with E-state index in [4.69, 9.17) is 16.3 Å². The molecule has 0 radical (unpaired) electrons. The average molecular weight is 379 g/mol. The van der Waals surface area contributed by atoms with Crippen molar-refractivity contribution in [3.8, 4) is 5.69 Å². The third kappa shape index (κ3) is 3.85. The molecule has 0 unspecified atom stereocenters. The van der Waals surface area contributed by atoms with E-state index >= 15 is 0 Å². The van der Waals surface area contributed by atoms with Gasteiger partial charge in [-0.25, -0.2) is 4.39 Å². The molecule has 140 valence electrons. The number of carbonyl (C=O) groups is 1. The second-order valence-corrected chi connectivity index (χ2v) is 7.50. The van der Waals surface area contributed by atoms with Gasteiger partial charge in [0.15, 0.2) is 5.78 Å². The highest BCUT2D eigenvalue weighted by Gasteiger charge is 2.25. The molecule has 0 amide bonds. The summed E-state index contributed by atoms with van der Waals surface area (Å²) < 4.78 is 21.1. The Morgan fingerprint density at radius 3 is 2.50 bits per heavy atom. The van der Waals surface area contributed by atoms with Gasteiger partial charge in [0, 0.05) is 35.7 Å². The van der Waals surface area contributed by atoms with E-state index in [1.54, 1.807) is 12.1 Å². The normalized spacial score (nSPS) is 21.2. The summed E-state index contributed by atoms with van der Waals surface area (Å²) >= 11 is 5.92. The van der Waals surface area contributed by atoms with Crippen molar-refractivity contribution >= 4 is 17.4 Å². The van der Waals surface area contributed by atoms with E-state index in [0.29, 0.717) is 12.1 Å². The summed E-state index contributed by atoms with van der Waals surface area (Å²) in [4.78, 5) is 15.0. The molecule has 0 saturated carbocycles. The van der Waals surface area contributed by atoms with E-state index in [0.717, 1.165) is 30.2 Å². The highest BCUT2D eigenvalue weighted by molar-refractivity contribution is 6.30. The monoisotopic (exact) mass is 378 g/mol. The predicted molar refractivity (Wildman–Crippen MR) is 101 cm³/mol. The number of hydrogen-bond acceptors (Lipinski definition) is 3. The number of carbonyl (C=O) groups excluding carboxylic acids is 1. The SMILES string of the molecule is Cc1cc(C(=O)CN2C[C@@H](C)O[C@@H](C)C2)c(C)n1-c1ccc(F)c(Cl)c1. The zero-order valence-corrected chi connectivity index (χ0v) is 16.3. The average Bonchev–Trinajstić information content (AvgIpc) is 2.84. The Bertz CT molecular complexity index is 823. The first kappa shape index (κ1) is 19.1. The fraction of sp³-hybridized carbons (Fsp3) is 0.450. The zero-order chi connectivity index (χ0) is 19.0. The molecule has 2 aromatic rings. The van der Waals surface area contributed by atoms with E-state index in [-0.39, 0.29) is 23.0 Å². The smallest absolute Gasteiger partial charge is 0.178 e. The number of ketones is 1. The molecule has 1 fully saturated rings. The molecule has 1 aromatic carbocycles. The van der Waals surface area contributed by atoms with Crippen LogP contribution in [0.5, 0.6) is 0 Å². The molecule has 0 bridgehead atoms. The summed E-state index contributed by atoms with van der Waals surface area (Å²) in [7, 11) is 0. The van der Waals surface area contributed by atoms with E-state index in [1.165, 1.54) is 6.07 Å². The van der Waals surface area contributed by atoms with Crippen LogP contribution in [0.15, 0.2) is 24.3 Å². The first-order valence-electron chi connectivity index (χ1n) is 8.81. The largest absolute Gasteiger partial charge is 0.373 e. The highest BCUT2D eigenvalue weighted by Crippen LogP contribution is 2.25. The Morgan fingerprint density at radius 1 is 1.23 bits per heavy atom. The quantitative estimate of drug-likeness (QED) is 0.748. The first-order valence-corrected chi connectivity index (χ1v) is 9.19. The fourth-order valence-corrected chi connectivity index (χ4v) is 3.94. The third-order valence-corrected chi connectivity index (χ3v) is 5.05. The molecular weight excluding hydrogens is 355 g/mol. The van der Waals surface area contributed by atoms with Gasteiger partial charge in [-0.15, -0.1) is 0 Å². The van der Waals surface area contributed by atoms with Crippen LogP contribution >= 0.6 is 11.6 Å². The molecule has 4 nitrogen and oxygen atoms in total. The maximum Gasteiger partial charge on any atom is 0.178 e. The predicted octanol–water partition coefficient (Wildman–Crippen LogP) is 4.18. The van der Waals surface area contributed by atoms with Crippen LogP contribution in [0.25, 0.3) is 5.69 Å². The van der Waals surface area contributed by atoms with Crippen LogP contribution in [-0.2, 0) is 4.74 Å². The summed E-state index contributed by atoms with van der Waals surface area (Å²) in [5.41, 5.74) is 3.19. The molecule has 3 rings (SSSR count). The van der Waals surface area contributed by atoms with Crippen LogP contribution in [0.4, 0.5) is 4.39 Å². The zero-order valence-electron chi connectivity index (χ0n) is 15.6. The van der Waals surface area contributed by atoms with Crippen molar-refractivity contribution in [2.75, 3.05) is 19.6 Å². The molecule has 1 aromatic heterocycles. The number of aryl methyl sites for hydroxylation is 1. The van der Waals surface area contributed by atoms with Crippen molar-refractivity contribution in [1.29, 1.82) is 0 Å². The second-order valence-electron chi connectivity index (χ2n) is 7.09. The number of hydrogen-bond donors (Lipinski definition) is 0. The molecule has 0 aliphatic carbocycles. The number of rotatable bonds is 4. The van der Waals surface area contributed by atoms with Crippen molar-refractivity contribution in [3.63, 3.8) is 0 Å². The minimum Gasteiger partial charge on any atom is -0.373 e. The molecule has 2 heterocycles. The lowest BCUT2D eigenvalue weighted by molar-refractivity contribution is -0.0652. The van der Waals surface area contributed by atoms with Crippen molar-refractivity contribution in [3.05, 3.63) is 52.1 Å². The summed E-state index contributed by atoms with van der Waals surface area (Å²) in [6.45, 7) is 9.76. The van der Waals surface area contributed by atoms with E-state index in [1.807, 2.05) is 38.3 Å². The van der Waals surface area contributed by atoms with E-state index in [2.05, 4.69) is 4.90 Å². The molecule has 1 aliphatic rings. The van der Waals surface area contributed by atoms with E-state index < -0.39 is 5.82 Å². The van der Waals surface area contributed by atoms with Gasteiger partial charge in [0.1, 0.15) is 5.82 Å². The van der Waals surface area contributed by atoms with Crippen LogP contribution in [-0.4, -0.2) is 47.1 Å². The lowest BCUT2D eigenvalue weighted by Crippen LogP contribution is -2.47. The van der Waals surface area contributed by atoms with Crippen molar-refractivity contribution in [1.82, 2.24) is 9.47 Å². The van der Waals surface area contributed by atoms with Crippen LogP contribution in [0.2, 0.25) is 5.02 Å². The van der Waals surface area contributed by atoms with Crippen molar-refractivity contribution in [2.24, 2.45) is 0 Å². The van der Waals surface area contributed by atoms with Gasteiger partial charge in [-0.05, 0) is 52.0 Å². The molecule has 0 spiro atoms. The third-order valence-electron chi connectivity index (χ3n) is 4.76. The van der Waals surface area contributed by atoms with Gasteiger partial charge in [-0.3, -0.25) is 9.69 Å². The van der Waals surface area contributed by atoms with E-state index in [9.17, 15) is 9.18 Å². The van der Waals surface area contributed by atoms with Gasteiger partial charge in [0.25, 0.3) is 0 Å². The maximum absolute atomic E-state index is 13.5. The lowest BCUT2D eigenvalue weighted by atomic mass is 10.1. The Hall–Kier alpha value is -1.69. The topological polar surface area (TPSA) is 34.5 Å². The Labute approximate surface area is 158 Å². The number of aromatic nitrogens is 1. The maximum atomic E-state index is 13.5. The fourth-order valence-electron chi connectivity index (χ4n) is 3.77. The van der Waals surface area contributed by atoms with Gasteiger partial charge in [0.05, 0.1) is 23.8 Å². The van der Waals surface area contributed by atoms with Crippen LogP contribution in [0.3, 0.4) is 0 Å². The molecule has 1 saturated heterocycles. The molecular formula is C20H24ClFN2O2. The Balaban J connectivity index is 1.85. The molecule has 26 heavy (non-hydrogen) atoms. The minimum atomic E-state index is -0.454. The number of morpholine rings is 1. The summed E-state index contributed by atoms with van der Waals surface area (Å²) in [5.74, 6) is -0.372. The molecule has 0 N–H and O–H groups in total. The first-order chi connectivity index (χ1) is 12.3. The Morgan fingerprint density at radius 2 is 1.88 bits per heavy atom. The number of nitrogens with zero attached hydrogens (tertiary/aromatic N) is 2. The van der Waals surface area contributed by atoms with Gasteiger partial charge in [-0.2, -0.15) is 0 Å². The van der Waals surface area contributed by atoms with Gasteiger partial charge >= 0.3 is 0 Å². The summed E-state index contributed by atoms with van der Waals surface area (Å²) in [5, 5.41) is 0.0687. The molecule has 1 aliphatic heterocycles. The lowest BCUT2D eigenvalue weighted by Gasteiger charge is -2.34. The van der Waals surface area contributed by atoms with Gasteiger partial charge in [0.2, 0.25) is 0 Å². The second kappa shape index (κ2) is 7.51. The number of ether oxygens (including phenoxy) is 1. The van der Waals surface area contributed by atoms with Crippen molar-refractivity contribution < 1.29 is 13.9 Å². The van der Waals surface area contributed by atoms with Gasteiger partial charge < -0.3 is 9.30 Å².